The zero-order valence-corrected chi connectivity index (χ0v) is 16.7. The highest BCUT2D eigenvalue weighted by atomic mass is 35.5. The summed E-state index contributed by atoms with van der Waals surface area (Å²) in [5.74, 6) is 0.756. The maximum Gasteiger partial charge on any atom is 0.317 e. The number of amides is 2. The van der Waals surface area contributed by atoms with E-state index < -0.39 is 0 Å². The first-order valence-electron chi connectivity index (χ1n) is 8.97. The van der Waals surface area contributed by atoms with Gasteiger partial charge in [0.15, 0.2) is 0 Å². The average Bonchev–Trinajstić information content (AvgIpc) is 2.57. The van der Waals surface area contributed by atoms with Crippen molar-refractivity contribution < 1.29 is 9.53 Å². The van der Waals surface area contributed by atoms with Crippen molar-refractivity contribution in [2.45, 2.75) is 39.2 Å². The molecule has 2 amide bonds. The van der Waals surface area contributed by atoms with Gasteiger partial charge in [-0.15, -0.1) is 0 Å². The molecule has 0 spiro atoms. The molecule has 0 aromatic heterocycles. The van der Waals surface area contributed by atoms with E-state index in [9.17, 15) is 4.79 Å². The monoisotopic (exact) mass is 369 g/mol. The number of rotatable bonds is 11. The second-order valence-electron chi connectivity index (χ2n) is 6.59. The van der Waals surface area contributed by atoms with Crippen LogP contribution in [0.2, 0.25) is 5.02 Å². The smallest absolute Gasteiger partial charge is 0.317 e. The second kappa shape index (κ2) is 12.0. The van der Waals surface area contributed by atoms with Crippen molar-refractivity contribution in [3.8, 4) is 5.75 Å². The van der Waals surface area contributed by atoms with Crippen LogP contribution in [-0.2, 0) is 0 Å². The Morgan fingerprint density at radius 2 is 1.96 bits per heavy atom. The van der Waals surface area contributed by atoms with Crippen LogP contribution in [0.3, 0.4) is 0 Å². The molecule has 25 heavy (non-hydrogen) atoms. The van der Waals surface area contributed by atoms with Crippen molar-refractivity contribution in [1.82, 2.24) is 15.1 Å². The molecule has 1 aromatic carbocycles. The van der Waals surface area contributed by atoms with Gasteiger partial charge in [0.1, 0.15) is 5.75 Å². The molecule has 0 aliphatic rings. The quantitative estimate of drug-likeness (QED) is 0.602. The van der Waals surface area contributed by atoms with Crippen molar-refractivity contribution in [3.63, 3.8) is 0 Å². The van der Waals surface area contributed by atoms with Crippen LogP contribution in [0.4, 0.5) is 4.79 Å². The standard InChI is InChI=1S/C19H32ClN3O2/c1-16(2)22(3)12-6-5-11-21-19(24)23(4)13-8-14-25-18-10-7-9-17(20)15-18/h7,9-10,15-16H,5-6,8,11-14H2,1-4H3,(H,21,24). The normalized spacial score (nSPS) is 11.0. The maximum absolute atomic E-state index is 12.0. The van der Waals surface area contributed by atoms with Crippen LogP contribution in [0.5, 0.6) is 5.75 Å². The largest absolute Gasteiger partial charge is 0.493 e. The Labute approximate surface area is 157 Å². The fourth-order valence-corrected chi connectivity index (χ4v) is 2.41. The van der Waals surface area contributed by atoms with Gasteiger partial charge in [0.2, 0.25) is 0 Å². The summed E-state index contributed by atoms with van der Waals surface area (Å²) in [6, 6.07) is 7.87. The molecule has 0 aliphatic carbocycles. The lowest BCUT2D eigenvalue weighted by Crippen LogP contribution is -2.38. The van der Waals surface area contributed by atoms with Gasteiger partial charge >= 0.3 is 6.03 Å². The van der Waals surface area contributed by atoms with Crippen LogP contribution in [0.15, 0.2) is 24.3 Å². The minimum absolute atomic E-state index is 0.0278. The van der Waals surface area contributed by atoms with Crippen molar-refractivity contribution in [2.24, 2.45) is 0 Å². The number of carbonyl (C=O) groups is 1. The van der Waals surface area contributed by atoms with Crippen molar-refractivity contribution in [3.05, 3.63) is 29.3 Å². The van der Waals surface area contributed by atoms with E-state index in [0.717, 1.165) is 31.6 Å². The molecular weight excluding hydrogens is 338 g/mol. The van der Waals surface area contributed by atoms with Gasteiger partial charge in [-0.25, -0.2) is 4.79 Å². The summed E-state index contributed by atoms with van der Waals surface area (Å²) in [7, 11) is 3.93. The first-order valence-corrected chi connectivity index (χ1v) is 9.35. The molecule has 0 radical (unpaired) electrons. The van der Waals surface area contributed by atoms with E-state index in [2.05, 4.69) is 31.1 Å². The molecule has 1 aromatic rings. The van der Waals surface area contributed by atoms with Gasteiger partial charge in [0.25, 0.3) is 0 Å². The van der Waals surface area contributed by atoms with Crippen LogP contribution in [-0.4, -0.2) is 62.2 Å². The third kappa shape index (κ3) is 9.56. The Kier molecular flexibility index (Phi) is 10.3. The number of nitrogens with one attached hydrogen (secondary N) is 1. The fraction of sp³-hybridized carbons (Fsp3) is 0.632. The van der Waals surface area contributed by atoms with Crippen molar-refractivity contribution in [1.29, 1.82) is 0 Å². The molecule has 0 saturated heterocycles. The van der Waals surface area contributed by atoms with E-state index in [1.807, 2.05) is 18.2 Å². The molecule has 142 valence electrons. The molecule has 0 atom stereocenters. The highest BCUT2D eigenvalue weighted by molar-refractivity contribution is 6.30. The van der Waals surface area contributed by atoms with E-state index in [1.165, 1.54) is 0 Å². The van der Waals surface area contributed by atoms with Crippen LogP contribution >= 0.6 is 11.6 Å². The first-order chi connectivity index (χ1) is 11.9. The lowest BCUT2D eigenvalue weighted by Gasteiger charge is -2.21. The zero-order chi connectivity index (χ0) is 18.7. The van der Waals surface area contributed by atoms with Crippen molar-refractivity contribution >= 4 is 17.6 Å². The number of urea groups is 1. The van der Waals surface area contributed by atoms with Crippen LogP contribution in [0.25, 0.3) is 0 Å². The lowest BCUT2D eigenvalue weighted by molar-refractivity contribution is 0.202. The second-order valence-corrected chi connectivity index (χ2v) is 7.03. The topological polar surface area (TPSA) is 44.8 Å². The number of hydrogen-bond donors (Lipinski definition) is 1. The minimum atomic E-state index is -0.0278. The van der Waals surface area contributed by atoms with Gasteiger partial charge in [0.05, 0.1) is 6.61 Å². The molecule has 0 saturated carbocycles. The molecule has 6 heteroatoms. The number of ether oxygens (including phenoxy) is 1. The Morgan fingerprint density at radius 3 is 2.64 bits per heavy atom. The number of carbonyl (C=O) groups excluding carboxylic acids is 1. The Morgan fingerprint density at radius 1 is 1.20 bits per heavy atom. The first kappa shape index (κ1) is 21.6. The summed E-state index contributed by atoms with van der Waals surface area (Å²) in [5, 5.41) is 3.62. The van der Waals surface area contributed by atoms with E-state index in [0.29, 0.717) is 30.8 Å². The SMILES string of the molecule is CC(C)N(C)CCCCNC(=O)N(C)CCCOc1cccc(Cl)c1. The number of hydrogen-bond acceptors (Lipinski definition) is 3. The summed E-state index contributed by atoms with van der Waals surface area (Å²) < 4.78 is 5.62. The molecule has 0 bridgehead atoms. The number of unbranched alkanes of at least 4 members (excludes halogenated alkanes) is 1. The maximum atomic E-state index is 12.0. The summed E-state index contributed by atoms with van der Waals surface area (Å²) in [4.78, 5) is 16.0. The van der Waals surface area contributed by atoms with E-state index >= 15 is 0 Å². The highest BCUT2D eigenvalue weighted by Gasteiger charge is 2.08. The highest BCUT2D eigenvalue weighted by Crippen LogP contribution is 2.17. The van der Waals surface area contributed by atoms with E-state index in [4.69, 9.17) is 16.3 Å². The predicted octanol–water partition coefficient (Wildman–Crippen LogP) is 3.87. The minimum Gasteiger partial charge on any atom is -0.493 e. The van der Waals surface area contributed by atoms with Gasteiger partial charge in [-0.1, -0.05) is 17.7 Å². The number of benzene rings is 1. The third-order valence-corrected chi connectivity index (χ3v) is 4.38. The van der Waals surface area contributed by atoms with Gasteiger partial charge in [0, 0.05) is 31.2 Å². The van der Waals surface area contributed by atoms with Crippen molar-refractivity contribution in [2.75, 3.05) is 40.3 Å². The van der Waals surface area contributed by atoms with Crippen LogP contribution in [0.1, 0.15) is 33.1 Å². The van der Waals surface area contributed by atoms with Crippen LogP contribution in [0, 0.1) is 0 Å². The lowest BCUT2D eigenvalue weighted by atomic mass is 10.2. The van der Waals surface area contributed by atoms with Crippen LogP contribution < -0.4 is 10.1 Å². The average molecular weight is 370 g/mol. The van der Waals surface area contributed by atoms with E-state index in [1.54, 1.807) is 18.0 Å². The summed E-state index contributed by atoms with van der Waals surface area (Å²) >= 11 is 5.91. The molecule has 5 nitrogen and oxygen atoms in total. The third-order valence-electron chi connectivity index (χ3n) is 4.14. The molecule has 1 rings (SSSR count). The van der Waals surface area contributed by atoms with Gasteiger partial charge in [-0.05, 0) is 64.9 Å². The molecule has 1 N–H and O–H groups in total. The van der Waals surface area contributed by atoms with Gasteiger partial charge in [-0.2, -0.15) is 0 Å². The number of halogens is 1. The van der Waals surface area contributed by atoms with E-state index in [-0.39, 0.29) is 6.03 Å². The molecule has 0 aliphatic heterocycles. The summed E-state index contributed by atoms with van der Waals surface area (Å²) in [6.07, 6.45) is 2.86. The Bertz CT molecular complexity index is 511. The molecule has 0 heterocycles. The Hall–Kier alpha value is -1.46. The zero-order valence-electron chi connectivity index (χ0n) is 15.9. The predicted molar refractivity (Wildman–Crippen MR) is 105 cm³/mol. The van der Waals surface area contributed by atoms with Gasteiger partial charge in [-0.3, -0.25) is 0 Å². The number of nitrogens with zero attached hydrogens (tertiary/aromatic N) is 2. The Balaban J connectivity index is 2.07. The molecule has 0 fully saturated rings. The fourth-order valence-electron chi connectivity index (χ4n) is 2.22. The molecular formula is C19H32ClN3O2. The molecule has 0 unspecified atom stereocenters. The van der Waals surface area contributed by atoms with Gasteiger partial charge < -0.3 is 19.9 Å². The summed E-state index contributed by atoms with van der Waals surface area (Å²) in [5.41, 5.74) is 0. The summed E-state index contributed by atoms with van der Waals surface area (Å²) in [6.45, 7) is 7.36.